The summed E-state index contributed by atoms with van der Waals surface area (Å²) in [6.45, 7) is 2.91. The van der Waals surface area contributed by atoms with Gasteiger partial charge in [0.2, 0.25) is 10.0 Å². The van der Waals surface area contributed by atoms with Gasteiger partial charge in [0.05, 0.1) is 32.9 Å². The van der Waals surface area contributed by atoms with Gasteiger partial charge in [-0.25, -0.2) is 18.4 Å². The van der Waals surface area contributed by atoms with Crippen LogP contribution in [0.3, 0.4) is 0 Å². The van der Waals surface area contributed by atoms with Crippen LogP contribution in [-0.2, 0) is 10.0 Å². The van der Waals surface area contributed by atoms with E-state index in [1.807, 2.05) is 55.5 Å². The average Bonchev–Trinajstić information content (AvgIpc) is 3.56. The fourth-order valence-electron chi connectivity index (χ4n) is 5.43. The summed E-state index contributed by atoms with van der Waals surface area (Å²) in [6.07, 6.45) is 2.30. The number of nitrogen functional groups attached to an aromatic ring is 1. The lowest BCUT2D eigenvalue weighted by atomic mass is 9.87. The third-order valence-corrected chi connectivity index (χ3v) is 9.59. The van der Waals surface area contributed by atoms with Gasteiger partial charge in [0.1, 0.15) is 17.5 Å². The number of H-pyrrole nitrogens is 2. The first-order valence-corrected chi connectivity index (χ1v) is 14.6. The molecule has 3 aromatic carbocycles. The van der Waals surface area contributed by atoms with Crippen molar-refractivity contribution in [2.45, 2.75) is 37.0 Å². The van der Waals surface area contributed by atoms with E-state index < -0.39 is 10.0 Å². The van der Waals surface area contributed by atoms with Crippen molar-refractivity contribution in [2.24, 2.45) is 11.7 Å². The molecule has 200 valence electrons. The minimum Gasteiger partial charge on any atom is -0.384 e. The molecule has 0 saturated carbocycles. The molecule has 3 heterocycles. The van der Waals surface area contributed by atoms with Gasteiger partial charge in [0, 0.05) is 18.7 Å². The van der Waals surface area contributed by atoms with Crippen LogP contribution in [0.5, 0.6) is 0 Å². The first-order valence-electron chi connectivity index (χ1n) is 13.1. The number of fused-ring (bicyclic) bond motifs is 2. The van der Waals surface area contributed by atoms with Crippen molar-refractivity contribution in [1.82, 2.24) is 24.2 Å². The number of piperidine rings is 1. The number of hydrogen-bond donors (Lipinski definition) is 4. The van der Waals surface area contributed by atoms with Gasteiger partial charge in [-0.15, -0.1) is 0 Å². The smallest absolute Gasteiger partial charge is 0.243 e. The molecule has 39 heavy (non-hydrogen) atoms. The second kappa shape index (κ2) is 9.94. The van der Waals surface area contributed by atoms with Crippen LogP contribution < -0.4 is 5.73 Å². The van der Waals surface area contributed by atoms with Crippen molar-refractivity contribution in [2.75, 3.05) is 13.1 Å². The van der Waals surface area contributed by atoms with Crippen LogP contribution in [0, 0.1) is 18.3 Å². The van der Waals surface area contributed by atoms with Crippen molar-refractivity contribution < 1.29 is 8.42 Å². The van der Waals surface area contributed by atoms with Crippen LogP contribution in [0.4, 0.5) is 0 Å². The predicted octanol–water partition coefficient (Wildman–Crippen LogP) is 4.65. The molecule has 6 rings (SSSR count). The fourth-order valence-corrected chi connectivity index (χ4v) is 6.90. The standard InChI is InChI=1S/C29H31N7O2S/c1-18-6-9-21(10-7-18)39(37,38)36-14-12-19(13-15-36)16-22(28-32-23-4-2-3-5-24(23)33-28)29-34-25-11-8-20(27(30)31)17-26(25)35-29/h2-11,17,19,22H,12-16H2,1H3,(H3,30,31)(H,32,33)(H,34,35). The molecule has 0 spiro atoms. The molecule has 9 nitrogen and oxygen atoms in total. The van der Waals surface area contributed by atoms with Gasteiger partial charge in [-0.3, -0.25) is 5.41 Å². The highest BCUT2D eigenvalue weighted by Crippen LogP contribution is 2.35. The number of nitrogens with one attached hydrogen (secondary N) is 3. The Morgan fingerprint density at radius 1 is 0.974 bits per heavy atom. The van der Waals surface area contributed by atoms with Crippen LogP contribution in [0.1, 0.15) is 48.0 Å². The maximum Gasteiger partial charge on any atom is 0.243 e. The van der Waals surface area contributed by atoms with Gasteiger partial charge in [-0.1, -0.05) is 29.8 Å². The number of rotatable bonds is 7. The van der Waals surface area contributed by atoms with Crippen molar-refractivity contribution in [3.63, 3.8) is 0 Å². The second-order valence-corrected chi connectivity index (χ2v) is 12.3. The highest BCUT2D eigenvalue weighted by atomic mass is 32.2. The molecule has 1 saturated heterocycles. The van der Waals surface area contributed by atoms with Gasteiger partial charge in [0.15, 0.2) is 0 Å². The summed E-state index contributed by atoms with van der Waals surface area (Å²) in [5.74, 6) is 1.80. The fraction of sp³-hybridized carbons (Fsp3) is 0.276. The Hall–Kier alpha value is -4.02. The maximum absolute atomic E-state index is 13.2. The molecule has 0 bridgehead atoms. The molecule has 1 aliphatic rings. The van der Waals surface area contributed by atoms with E-state index in [9.17, 15) is 8.42 Å². The zero-order valence-electron chi connectivity index (χ0n) is 21.7. The number of imidazole rings is 2. The summed E-state index contributed by atoms with van der Waals surface area (Å²) in [7, 11) is -3.51. The molecule has 1 aliphatic heterocycles. The highest BCUT2D eigenvalue weighted by molar-refractivity contribution is 7.89. The molecule has 2 aromatic heterocycles. The summed E-state index contributed by atoms with van der Waals surface area (Å²) < 4.78 is 28.0. The maximum atomic E-state index is 13.2. The quantitative estimate of drug-likeness (QED) is 0.175. The minimum absolute atomic E-state index is 0.00855. The van der Waals surface area contributed by atoms with Crippen molar-refractivity contribution >= 4 is 37.9 Å². The van der Waals surface area contributed by atoms with Gasteiger partial charge < -0.3 is 15.7 Å². The van der Waals surface area contributed by atoms with E-state index in [2.05, 4.69) is 9.97 Å². The topological polar surface area (TPSA) is 145 Å². The number of aromatic nitrogens is 4. The van der Waals surface area contributed by atoms with E-state index in [1.165, 1.54) is 0 Å². The molecular formula is C29H31N7O2S. The molecule has 1 atom stereocenters. The normalized spacial score (nSPS) is 16.1. The van der Waals surface area contributed by atoms with Crippen LogP contribution >= 0.6 is 0 Å². The Labute approximate surface area is 227 Å². The average molecular weight is 542 g/mol. The van der Waals surface area contributed by atoms with E-state index in [0.29, 0.717) is 29.5 Å². The number of hydrogen-bond acceptors (Lipinski definition) is 5. The Kier molecular flexibility index (Phi) is 6.44. The molecule has 0 radical (unpaired) electrons. The molecule has 1 unspecified atom stereocenters. The number of benzene rings is 3. The van der Waals surface area contributed by atoms with E-state index in [-0.39, 0.29) is 11.8 Å². The van der Waals surface area contributed by atoms with E-state index in [0.717, 1.165) is 58.5 Å². The van der Waals surface area contributed by atoms with Crippen LogP contribution in [0.2, 0.25) is 0 Å². The SMILES string of the molecule is Cc1ccc(S(=O)(=O)N2CCC(CC(c3nc4ccccc4[nH]3)c3nc4ccc(C(=N)N)cc4[nH]3)CC2)cc1. The highest BCUT2D eigenvalue weighted by Gasteiger charge is 2.32. The molecule has 0 aliphatic carbocycles. The minimum atomic E-state index is -3.51. The molecule has 10 heteroatoms. The Morgan fingerprint density at radius 2 is 1.62 bits per heavy atom. The number of nitrogens with zero attached hydrogens (tertiary/aromatic N) is 3. The lowest BCUT2D eigenvalue weighted by Gasteiger charge is -2.32. The number of aromatic amines is 2. The van der Waals surface area contributed by atoms with E-state index in [4.69, 9.17) is 21.1 Å². The third kappa shape index (κ3) is 4.93. The molecule has 0 amide bonds. The summed E-state index contributed by atoms with van der Waals surface area (Å²) in [6, 6.07) is 20.5. The van der Waals surface area contributed by atoms with Gasteiger partial charge >= 0.3 is 0 Å². The number of sulfonamides is 1. The predicted molar refractivity (Wildman–Crippen MR) is 152 cm³/mol. The van der Waals surface area contributed by atoms with Crippen molar-refractivity contribution in [3.05, 3.63) is 89.5 Å². The van der Waals surface area contributed by atoms with Gasteiger partial charge in [-0.2, -0.15) is 4.31 Å². The molecule has 5 N–H and O–H groups in total. The molecule has 1 fully saturated rings. The first-order chi connectivity index (χ1) is 18.8. The van der Waals surface area contributed by atoms with Crippen LogP contribution in [-0.4, -0.2) is 51.6 Å². The van der Waals surface area contributed by atoms with Gasteiger partial charge in [-0.05, 0) is 74.6 Å². The first kappa shape index (κ1) is 25.3. The Balaban J connectivity index is 1.27. The molecular weight excluding hydrogens is 510 g/mol. The lowest BCUT2D eigenvalue weighted by molar-refractivity contribution is 0.255. The largest absolute Gasteiger partial charge is 0.384 e. The third-order valence-electron chi connectivity index (χ3n) is 7.68. The van der Waals surface area contributed by atoms with Gasteiger partial charge in [0.25, 0.3) is 0 Å². The number of nitrogens with two attached hydrogens (primary N) is 1. The van der Waals surface area contributed by atoms with Crippen molar-refractivity contribution in [3.8, 4) is 0 Å². The summed E-state index contributed by atoms with van der Waals surface area (Å²) in [5, 5.41) is 7.77. The van der Waals surface area contributed by atoms with Crippen molar-refractivity contribution in [1.29, 1.82) is 5.41 Å². The zero-order valence-corrected chi connectivity index (χ0v) is 22.5. The van der Waals surface area contributed by atoms with Crippen LogP contribution in [0.15, 0.2) is 71.6 Å². The zero-order chi connectivity index (χ0) is 27.1. The monoisotopic (exact) mass is 541 g/mol. The Bertz CT molecular complexity index is 1730. The Morgan fingerprint density at radius 3 is 2.28 bits per heavy atom. The van der Waals surface area contributed by atoms with Crippen LogP contribution in [0.25, 0.3) is 22.1 Å². The summed E-state index contributed by atoms with van der Waals surface area (Å²) >= 11 is 0. The van der Waals surface area contributed by atoms with E-state index >= 15 is 0 Å². The number of aryl methyl sites for hydroxylation is 1. The summed E-state index contributed by atoms with van der Waals surface area (Å²) in [4.78, 5) is 17.1. The number of para-hydroxylation sites is 2. The summed E-state index contributed by atoms with van der Waals surface area (Å²) in [5.41, 5.74) is 10.9. The lowest BCUT2D eigenvalue weighted by Crippen LogP contribution is -2.38. The molecule has 5 aromatic rings. The second-order valence-electron chi connectivity index (χ2n) is 10.4. The number of amidine groups is 1. The van der Waals surface area contributed by atoms with E-state index in [1.54, 1.807) is 22.5 Å².